The summed E-state index contributed by atoms with van der Waals surface area (Å²) in [5.41, 5.74) is 8.11. The highest BCUT2D eigenvalue weighted by Gasteiger charge is 2.16. The molecule has 0 bridgehead atoms. The van der Waals surface area contributed by atoms with Crippen LogP contribution in [0, 0.1) is 6.92 Å². The smallest absolute Gasteiger partial charge is 0.336 e. The van der Waals surface area contributed by atoms with E-state index in [9.17, 15) is 15.0 Å². The number of nitrogens with zero attached hydrogens (tertiary/aromatic N) is 1. The van der Waals surface area contributed by atoms with Crippen molar-refractivity contribution in [2.24, 2.45) is 0 Å². The molecular formula is C28H27NO3. The third-order valence-electron chi connectivity index (χ3n) is 5.89. The second-order valence-electron chi connectivity index (χ2n) is 8.17. The Kier molecular flexibility index (Phi) is 6.33. The fourth-order valence-electron chi connectivity index (χ4n) is 4.30. The van der Waals surface area contributed by atoms with Gasteiger partial charge in [-0.3, -0.25) is 4.98 Å². The maximum absolute atomic E-state index is 11.6. The van der Waals surface area contributed by atoms with Crippen LogP contribution < -0.4 is 0 Å². The van der Waals surface area contributed by atoms with Crippen LogP contribution in [0.1, 0.15) is 51.7 Å². The number of fused-ring (bicyclic) bond motifs is 1. The number of rotatable bonds is 7. The average molecular weight is 426 g/mol. The predicted molar refractivity (Wildman–Crippen MR) is 128 cm³/mol. The molecule has 4 aromatic rings. The number of aromatic nitrogens is 1. The number of carbonyl (C=O) groups is 1. The van der Waals surface area contributed by atoms with Crippen molar-refractivity contribution >= 4 is 16.9 Å². The second-order valence-corrected chi connectivity index (χ2v) is 8.17. The van der Waals surface area contributed by atoms with Crippen molar-refractivity contribution in [1.29, 1.82) is 0 Å². The summed E-state index contributed by atoms with van der Waals surface area (Å²) >= 11 is 0. The molecule has 2 N–H and O–H groups in total. The van der Waals surface area contributed by atoms with Gasteiger partial charge in [-0.2, -0.15) is 0 Å². The van der Waals surface area contributed by atoms with Crippen molar-refractivity contribution < 1.29 is 15.0 Å². The third-order valence-corrected chi connectivity index (χ3v) is 5.89. The summed E-state index contributed by atoms with van der Waals surface area (Å²) in [6.07, 6.45) is 2.51. The molecular weight excluding hydrogens is 398 g/mol. The number of hydrogen-bond acceptors (Lipinski definition) is 3. The molecule has 1 aromatic heterocycles. The number of hydrogen-bond donors (Lipinski definition) is 2. The molecule has 0 aliphatic heterocycles. The van der Waals surface area contributed by atoms with E-state index < -0.39 is 5.97 Å². The van der Waals surface area contributed by atoms with Crippen molar-refractivity contribution in [2.75, 3.05) is 0 Å². The number of benzene rings is 3. The van der Waals surface area contributed by atoms with Gasteiger partial charge in [-0.1, -0.05) is 67.4 Å². The minimum absolute atomic E-state index is 0.0292. The summed E-state index contributed by atoms with van der Waals surface area (Å²) in [6, 6.07) is 21.2. The monoisotopic (exact) mass is 425 g/mol. The number of carboxylic acids is 1. The predicted octanol–water partition coefficient (Wildman–Crippen LogP) is 5.94. The van der Waals surface area contributed by atoms with E-state index in [0.29, 0.717) is 17.5 Å². The van der Waals surface area contributed by atoms with E-state index in [2.05, 4.69) is 19.1 Å². The summed E-state index contributed by atoms with van der Waals surface area (Å²) in [6.45, 7) is 4.16. The number of carboxylic acid groups (broad SMARTS) is 1. The number of aliphatic hydroxyl groups excluding tert-OH is 1. The van der Waals surface area contributed by atoms with E-state index in [1.165, 1.54) is 0 Å². The molecule has 4 heteroatoms. The van der Waals surface area contributed by atoms with E-state index >= 15 is 0 Å². The summed E-state index contributed by atoms with van der Waals surface area (Å²) in [5.74, 6) is -0.931. The van der Waals surface area contributed by atoms with Gasteiger partial charge in [-0.05, 0) is 65.8 Å². The molecule has 0 fully saturated rings. The zero-order chi connectivity index (χ0) is 22.7. The Morgan fingerprint density at radius 2 is 1.72 bits per heavy atom. The maximum Gasteiger partial charge on any atom is 0.336 e. The highest BCUT2D eigenvalue weighted by molar-refractivity contribution is 5.96. The lowest BCUT2D eigenvalue weighted by atomic mass is 9.92. The first-order chi connectivity index (χ1) is 15.5. The number of aryl methyl sites for hydroxylation is 2. The van der Waals surface area contributed by atoms with E-state index in [4.69, 9.17) is 4.98 Å². The highest BCUT2D eigenvalue weighted by Crippen LogP contribution is 2.29. The molecule has 0 unspecified atom stereocenters. The fourth-order valence-corrected chi connectivity index (χ4v) is 4.30. The fraction of sp³-hybridized carbons (Fsp3) is 0.214. The van der Waals surface area contributed by atoms with Crippen LogP contribution in [0.2, 0.25) is 0 Å². The van der Waals surface area contributed by atoms with E-state index in [-0.39, 0.29) is 6.61 Å². The van der Waals surface area contributed by atoms with Crippen molar-refractivity contribution in [1.82, 2.24) is 4.98 Å². The van der Waals surface area contributed by atoms with Crippen LogP contribution in [0.5, 0.6) is 0 Å². The lowest BCUT2D eigenvalue weighted by molar-refractivity contribution is 0.0697. The second kappa shape index (κ2) is 9.33. The molecule has 0 aliphatic carbocycles. The van der Waals surface area contributed by atoms with Gasteiger partial charge in [0.05, 0.1) is 17.7 Å². The van der Waals surface area contributed by atoms with Gasteiger partial charge in [-0.25, -0.2) is 4.79 Å². The molecule has 1 heterocycles. The topological polar surface area (TPSA) is 70.4 Å². The van der Waals surface area contributed by atoms with Crippen molar-refractivity contribution in [2.45, 2.75) is 39.7 Å². The standard InChI is InChI=1S/C28H27NO3/c1-3-6-26-24(25(17-30)23-15-18(2)9-14-27(23)29-26)16-19-10-12-20(13-11-19)21-7-4-5-8-22(21)28(31)32/h4-5,7-15,30H,3,6,16-17H2,1-2H3,(H,31,32). The van der Waals surface area contributed by atoms with Crippen LogP contribution in [0.4, 0.5) is 0 Å². The molecule has 0 radical (unpaired) electrons. The Hall–Kier alpha value is -3.50. The largest absolute Gasteiger partial charge is 0.478 e. The van der Waals surface area contributed by atoms with Crippen molar-refractivity contribution in [3.63, 3.8) is 0 Å². The Labute approximate surface area is 188 Å². The maximum atomic E-state index is 11.6. The van der Waals surface area contributed by atoms with Gasteiger partial charge < -0.3 is 10.2 Å². The molecule has 0 atom stereocenters. The zero-order valence-electron chi connectivity index (χ0n) is 18.4. The normalized spacial score (nSPS) is 11.1. The summed E-state index contributed by atoms with van der Waals surface area (Å²) in [4.78, 5) is 16.5. The molecule has 162 valence electrons. The lowest BCUT2D eigenvalue weighted by Crippen LogP contribution is -2.06. The summed E-state index contributed by atoms with van der Waals surface area (Å²) in [5, 5.41) is 20.8. The van der Waals surface area contributed by atoms with Crippen LogP contribution in [0.15, 0.2) is 66.7 Å². The molecule has 4 rings (SSSR count). The zero-order valence-corrected chi connectivity index (χ0v) is 18.4. The van der Waals surface area contributed by atoms with Crippen LogP contribution in [-0.4, -0.2) is 21.2 Å². The van der Waals surface area contributed by atoms with Crippen LogP contribution in [-0.2, 0) is 19.4 Å². The quantitative estimate of drug-likeness (QED) is 0.384. The van der Waals surface area contributed by atoms with E-state index in [1.807, 2.05) is 49.4 Å². The minimum atomic E-state index is -0.931. The van der Waals surface area contributed by atoms with Gasteiger partial charge in [0.1, 0.15) is 0 Å². The van der Waals surface area contributed by atoms with Crippen molar-refractivity contribution in [3.05, 3.63) is 100 Å². The number of aliphatic hydroxyl groups is 1. The molecule has 32 heavy (non-hydrogen) atoms. The Bertz CT molecular complexity index is 1280. The third kappa shape index (κ3) is 4.27. The summed E-state index contributed by atoms with van der Waals surface area (Å²) in [7, 11) is 0. The number of pyridine rings is 1. The van der Waals surface area contributed by atoms with Crippen molar-refractivity contribution in [3.8, 4) is 11.1 Å². The first-order valence-electron chi connectivity index (χ1n) is 10.9. The summed E-state index contributed by atoms with van der Waals surface area (Å²) < 4.78 is 0. The molecule has 0 amide bonds. The Morgan fingerprint density at radius 3 is 2.41 bits per heavy atom. The van der Waals surface area contributed by atoms with E-state index in [1.54, 1.807) is 12.1 Å². The van der Waals surface area contributed by atoms with Crippen LogP contribution >= 0.6 is 0 Å². The van der Waals surface area contributed by atoms with Gasteiger partial charge in [0.25, 0.3) is 0 Å². The molecule has 0 aliphatic rings. The SMILES string of the molecule is CCCc1nc2ccc(C)cc2c(CO)c1Cc1ccc(-c2ccccc2C(=O)O)cc1. The van der Waals surface area contributed by atoms with Gasteiger partial charge >= 0.3 is 5.97 Å². The average Bonchev–Trinajstić information content (AvgIpc) is 2.80. The van der Waals surface area contributed by atoms with Crippen LogP contribution in [0.25, 0.3) is 22.0 Å². The molecule has 0 spiro atoms. The first-order valence-corrected chi connectivity index (χ1v) is 10.9. The minimum Gasteiger partial charge on any atom is -0.478 e. The Morgan fingerprint density at radius 1 is 0.969 bits per heavy atom. The van der Waals surface area contributed by atoms with Gasteiger partial charge in [0.2, 0.25) is 0 Å². The Balaban J connectivity index is 1.75. The van der Waals surface area contributed by atoms with Crippen LogP contribution in [0.3, 0.4) is 0 Å². The first kappa shape index (κ1) is 21.7. The lowest BCUT2D eigenvalue weighted by Gasteiger charge is -2.17. The van der Waals surface area contributed by atoms with Gasteiger partial charge in [0, 0.05) is 11.1 Å². The van der Waals surface area contributed by atoms with Gasteiger partial charge in [0.15, 0.2) is 0 Å². The number of aromatic carboxylic acids is 1. The van der Waals surface area contributed by atoms with E-state index in [0.717, 1.165) is 57.3 Å². The molecule has 0 saturated heterocycles. The molecule has 3 aromatic carbocycles. The highest BCUT2D eigenvalue weighted by atomic mass is 16.4. The van der Waals surface area contributed by atoms with Gasteiger partial charge in [-0.15, -0.1) is 0 Å². The molecule has 0 saturated carbocycles. The molecule has 4 nitrogen and oxygen atoms in total.